The summed E-state index contributed by atoms with van der Waals surface area (Å²) < 4.78 is 5.60. The van der Waals surface area contributed by atoms with E-state index < -0.39 is 0 Å². The summed E-state index contributed by atoms with van der Waals surface area (Å²) in [6.45, 7) is 5.06. The van der Waals surface area contributed by atoms with Gasteiger partial charge in [-0.15, -0.1) is 12.3 Å². The van der Waals surface area contributed by atoms with E-state index in [2.05, 4.69) is 31.9 Å². The summed E-state index contributed by atoms with van der Waals surface area (Å²) in [5.74, 6) is 4.09. The van der Waals surface area contributed by atoms with Crippen molar-refractivity contribution in [3.8, 4) is 18.1 Å². The Hall–Kier alpha value is -1.42. The predicted octanol–water partition coefficient (Wildman–Crippen LogP) is 3.60. The lowest BCUT2D eigenvalue weighted by Crippen LogP contribution is -1.97. The zero-order valence-corrected chi connectivity index (χ0v) is 9.49. The second-order valence-corrected chi connectivity index (χ2v) is 3.88. The Bertz CT molecular complexity index is 333. The van der Waals surface area contributed by atoms with Crippen LogP contribution in [0.5, 0.6) is 5.75 Å². The lowest BCUT2D eigenvalue weighted by molar-refractivity contribution is 0.312. The Labute approximate surface area is 92.5 Å². The number of benzene rings is 1. The largest absolute Gasteiger partial charge is 0.494 e. The number of terminal acetylenes is 1. The van der Waals surface area contributed by atoms with E-state index in [0.29, 0.717) is 12.5 Å². The quantitative estimate of drug-likeness (QED) is 0.523. The van der Waals surface area contributed by atoms with Crippen molar-refractivity contribution in [2.75, 3.05) is 6.61 Å². The second-order valence-electron chi connectivity index (χ2n) is 3.88. The molecular weight excluding hydrogens is 184 g/mol. The molecule has 0 atom stereocenters. The molecule has 0 fully saturated rings. The summed E-state index contributed by atoms with van der Waals surface area (Å²) in [5, 5.41) is 0. The minimum Gasteiger partial charge on any atom is -0.494 e. The molecule has 0 unspecified atom stereocenters. The van der Waals surface area contributed by atoms with Gasteiger partial charge in [0.2, 0.25) is 0 Å². The third kappa shape index (κ3) is 4.08. The van der Waals surface area contributed by atoms with Crippen LogP contribution in [-0.2, 0) is 0 Å². The van der Waals surface area contributed by atoms with Gasteiger partial charge >= 0.3 is 0 Å². The van der Waals surface area contributed by atoms with Crippen molar-refractivity contribution in [2.45, 2.75) is 32.6 Å². The molecule has 0 N–H and O–H groups in total. The molecule has 0 aromatic heterocycles. The fraction of sp³-hybridized carbons (Fsp3) is 0.429. The molecule has 1 rings (SSSR count). The van der Waals surface area contributed by atoms with Crippen LogP contribution in [-0.4, -0.2) is 6.61 Å². The van der Waals surface area contributed by atoms with Gasteiger partial charge in [0.1, 0.15) is 5.75 Å². The van der Waals surface area contributed by atoms with Gasteiger partial charge < -0.3 is 4.74 Å². The van der Waals surface area contributed by atoms with Gasteiger partial charge in [-0.2, -0.15) is 0 Å². The van der Waals surface area contributed by atoms with Crippen molar-refractivity contribution in [3.05, 3.63) is 29.8 Å². The first-order chi connectivity index (χ1) is 7.24. The van der Waals surface area contributed by atoms with Gasteiger partial charge in [-0.05, 0) is 30.0 Å². The molecule has 0 heterocycles. The second kappa shape index (κ2) is 6.14. The smallest absolute Gasteiger partial charge is 0.119 e. The van der Waals surface area contributed by atoms with Crippen LogP contribution in [0.4, 0.5) is 0 Å². The van der Waals surface area contributed by atoms with Crippen molar-refractivity contribution >= 4 is 0 Å². The molecule has 0 spiro atoms. The van der Waals surface area contributed by atoms with Gasteiger partial charge in [-0.3, -0.25) is 0 Å². The Balaban J connectivity index is 2.48. The average Bonchev–Trinajstić information content (AvgIpc) is 2.25. The van der Waals surface area contributed by atoms with Crippen molar-refractivity contribution in [1.82, 2.24) is 0 Å². The summed E-state index contributed by atoms with van der Waals surface area (Å²) >= 11 is 0. The highest BCUT2D eigenvalue weighted by Crippen LogP contribution is 2.20. The molecule has 80 valence electrons. The number of rotatable bonds is 5. The van der Waals surface area contributed by atoms with Crippen LogP contribution < -0.4 is 4.74 Å². The molecule has 0 radical (unpaired) electrons. The predicted molar refractivity (Wildman–Crippen MR) is 64.1 cm³/mol. The molecule has 0 amide bonds. The fourth-order valence-electron chi connectivity index (χ4n) is 1.33. The van der Waals surface area contributed by atoms with Gasteiger partial charge in [0.25, 0.3) is 0 Å². The first kappa shape index (κ1) is 11.7. The normalized spacial score (nSPS) is 10.0. The highest BCUT2D eigenvalue weighted by Gasteiger charge is 2.00. The third-order valence-electron chi connectivity index (χ3n) is 2.26. The summed E-state index contributed by atoms with van der Waals surface area (Å²) in [7, 11) is 0. The summed E-state index contributed by atoms with van der Waals surface area (Å²) in [4.78, 5) is 0. The molecule has 1 nitrogen and oxygen atoms in total. The maximum absolute atomic E-state index is 5.60. The Morgan fingerprint density at radius 2 is 2.20 bits per heavy atom. The fourth-order valence-corrected chi connectivity index (χ4v) is 1.33. The van der Waals surface area contributed by atoms with E-state index in [1.54, 1.807) is 0 Å². The Morgan fingerprint density at radius 3 is 2.87 bits per heavy atom. The van der Waals surface area contributed by atoms with E-state index in [4.69, 9.17) is 11.2 Å². The molecule has 0 aliphatic heterocycles. The van der Waals surface area contributed by atoms with Crippen LogP contribution in [0.1, 0.15) is 38.2 Å². The molecule has 0 saturated carbocycles. The van der Waals surface area contributed by atoms with Crippen molar-refractivity contribution in [1.29, 1.82) is 0 Å². The molecular formula is C14H18O. The minimum atomic E-state index is 0.541. The standard InChI is InChI=1S/C14H18O/c1-4-5-6-10-15-14-9-7-8-13(11-14)12(2)3/h1,7-9,11-12H,5-6,10H2,2-3H3. The van der Waals surface area contributed by atoms with Gasteiger partial charge in [0.05, 0.1) is 6.61 Å². The van der Waals surface area contributed by atoms with Crippen LogP contribution in [0, 0.1) is 12.3 Å². The van der Waals surface area contributed by atoms with E-state index in [1.165, 1.54) is 5.56 Å². The number of ether oxygens (including phenoxy) is 1. The maximum Gasteiger partial charge on any atom is 0.119 e. The van der Waals surface area contributed by atoms with Crippen LogP contribution >= 0.6 is 0 Å². The van der Waals surface area contributed by atoms with Crippen molar-refractivity contribution in [3.63, 3.8) is 0 Å². The number of unbranched alkanes of at least 4 members (excludes halogenated alkanes) is 1. The highest BCUT2D eigenvalue weighted by atomic mass is 16.5. The number of hydrogen-bond donors (Lipinski definition) is 0. The highest BCUT2D eigenvalue weighted by molar-refractivity contribution is 5.30. The van der Waals surface area contributed by atoms with Crippen LogP contribution in [0.3, 0.4) is 0 Å². The van der Waals surface area contributed by atoms with E-state index in [1.807, 2.05) is 12.1 Å². The summed E-state index contributed by atoms with van der Waals surface area (Å²) in [5.41, 5.74) is 1.31. The lowest BCUT2D eigenvalue weighted by Gasteiger charge is -2.09. The zero-order valence-electron chi connectivity index (χ0n) is 9.49. The van der Waals surface area contributed by atoms with Crippen LogP contribution in [0.25, 0.3) is 0 Å². The van der Waals surface area contributed by atoms with Crippen LogP contribution in [0.15, 0.2) is 24.3 Å². The van der Waals surface area contributed by atoms with Crippen LogP contribution in [0.2, 0.25) is 0 Å². The van der Waals surface area contributed by atoms with E-state index in [-0.39, 0.29) is 0 Å². The van der Waals surface area contributed by atoms with Crippen molar-refractivity contribution in [2.24, 2.45) is 0 Å². The van der Waals surface area contributed by atoms with Gasteiger partial charge in [-0.25, -0.2) is 0 Å². The first-order valence-electron chi connectivity index (χ1n) is 5.40. The van der Waals surface area contributed by atoms with Gasteiger partial charge in [0, 0.05) is 6.42 Å². The molecule has 15 heavy (non-hydrogen) atoms. The topological polar surface area (TPSA) is 9.23 Å². The number of hydrogen-bond acceptors (Lipinski definition) is 1. The molecule has 0 saturated heterocycles. The summed E-state index contributed by atoms with van der Waals surface area (Å²) in [6.07, 6.45) is 6.87. The van der Waals surface area contributed by atoms with E-state index in [0.717, 1.165) is 18.6 Å². The minimum absolute atomic E-state index is 0.541. The molecule has 1 aromatic carbocycles. The SMILES string of the molecule is C#CCCCOc1cccc(C(C)C)c1. The van der Waals surface area contributed by atoms with Gasteiger partial charge in [-0.1, -0.05) is 26.0 Å². The zero-order chi connectivity index (χ0) is 11.1. The summed E-state index contributed by atoms with van der Waals surface area (Å²) in [6, 6.07) is 8.24. The lowest BCUT2D eigenvalue weighted by atomic mass is 10.0. The van der Waals surface area contributed by atoms with Crippen molar-refractivity contribution < 1.29 is 4.74 Å². The van der Waals surface area contributed by atoms with E-state index >= 15 is 0 Å². The first-order valence-corrected chi connectivity index (χ1v) is 5.40. The Kier molecular flexibility index (Phi) is 4.77. The molecule has 0 aliphatic carbocycles. The molecule has 1 heteroatoms. The van der Waals surface area contributed by atoms with Gasteiger partial charge in [0.15, 0.2) is 0 Å². The molecule has 0 aliphatic rings. The molecule has 0 bridgehead atoms. The molecule has 1 aromatic rings. The van der Waals surface area contributed by atoms with E-state index in [9.17, 15) is 0 Å². The third-order valence-corrected chi connectivity index (χ3v) is 2.26. The monoisotopic (exact) mass is 202 g/mol. The Morgan fingerprint density at radius 1 is 1.40 bits per heavy atom. The average molecular weight is 202 g/mol. The maximum atomic E-state index is 5.60.